The summed E-state index contributed by atoms with van der Waals surface area (Å²) in [5.41, 5.74) is 3.09. The number of nitrogens with one attached hydrogen (secondary N) is 2. The minimum atomic E-state index is -0.199. The van der Waals surface area contributed by atoms with Crippen molar-refractivity contribution in [3.63, 3.8) is 0 Å². The third kappa shape index (κ3) is 3.74. The van der Waals surface area contributed by atoms with Gasteiger partial charge in [-0.3, -0.25) is 14.7 Å². The maximum absolute atomic E-state index is 12.7. The van der Waals surface area contributed by atoms with Gasteiger partial charge in [-0.25, -0.2) is 4.98 Å². The Kier molecular flexibility index (Phi) is 4.96. The van der Waals surface area contributed by atoms with Gasteiger partial charge in [0.2, 0.25) is 5.91 Å². The minimum Gasteiger partial charge on any atom is -0.345 e. The van der Waals surface area contributed by atoms with Crippen LogP contribution >= 0.6 is 11.3 Å². The number of carbonyl (C=O) groups is 2. The van der Waals surface area contributed by atoms with Crippen molar-refractivity contribution in [2.75, 3.05) is 26.7 Å². The number of hydrogen-bond donors (Lipinski definition) is 2. The molecule has 2 aromatic heterocycles. The highest BCUT2D eigenvalue weighted by Crippen LogP contribution is 2.24. The molecule has 0 radical (unpaired) electrons. The van der Waals surface area contributed by atoms with Crippen LogP contribution in [0.15, 0.2) is 5.38 Å². The van der Waals surface area contributed by atoms with Crippen LogP contribution in [0, 0.1) is 12.8 Å². The Morgan fingerprint density at radius 1 is 1.41 bits per heavy atom. The summed E-state index contributed by atoms with van der Waals surface area (Å²) in [7, 11) is 2.05. The fourth-order valence-corrected chi connectivity index (χ4v) is 4.45. The molecule has 144 valence electrons. The Morgan fingerprint density at radius 3 is 2.96 bits per heavy atom. The number of likely N-dealkylation sites (tertiary alicyclic amines) is 1. The van der Waals surface area contributed by atoms with Crippen molar-refractivity contribution in [2.24, 2.45) is 5.92 Å². The van der Waals surface area contributed by atoms with Crippen LogP contribution in [0.4, 0.5) is 0 Å². The lowest BCUT2D eigenvalue weighted by atomic mass is 10.0. The summed E-state index contributed by atoms with van der Waals surface area (Å²) < 4.78 is 0. The zero-order chi connectivity index (χ0) is 19.0. The van der Waals surface area contributed by atoms with E-state index in [4.69, 9.17) is 0 Å². The molecule has 1 fully saturated rings. The number of aromatic nitrogens is 3. The van der Waals surface area contributed by atoms with Gasteiger partial charge < -0.3 is 15.1 Å². The predicted molar refractivity (Wildman–Crippen MR) is 101 cm³/mol. The number of H-pyrrole nitrogens is 1. The highest BCUT2D eigenvalue weighted by molar-refractivity contribution is 7.09. The van der Waals surface area contributed by atoms with E-state index in [0.717, 1.165) is 41.5 Å². The maximum Gasteiger partial charge on any atom is 0.272 e. The van der Waals surface area contributed by atoms with E-state index in [0.29, 0.717) is 31.7 Å². The second-order valence-corrected chi connectivity index (χ2v) is 8.39. The fourth-order valence-electron chi connectivity index (χ4n) is 3.83. The Bertz CT molecular complexity index is 860. The summed E-state index contributed by atoms with van der Waals surface area (Å²) in [6.45, 7) is 5.27. The first-order valence-electron chi connectivity index (χ1n) is 9.24. The third-order valence-electron chi connectivity index (χ3n) is 5.30. The first-order valence-corrected chi connectivity index (χ1v) is 10.1. The molecule has 0 spiro atoms. The molecule has 2 aromatic rings. The summed E-state index contributed by atoms with van der Waals surface area (Å²) in [5.74, 6) is 0.101. The van der Waals surface area contributed by atoms with Gasteiger partial charge in [0.05, 0.1) is 35.4 Å². The average molecular weight is 388 g/mol. The number of thiazole rings is 1. The molecule has 4 heterocycles. The summed E-state index contributed by atoms with van der Waals surface area (Å²) in [5, 5.41) is 13.0. The Morgan fingerprint density at radius 2 is 2.26 bits per heavy atom. The number of hydrogen-bond acceptors (Lipinski definition) is 6. The van der Waals surface area contributed by atoms with Crippen LogP contribution in [0.25, 0.3) is 0 Å². The molecule has 1 saturated heterocycles. The van der Waals surface area contributed by atoms with Crippen molar-refractivity contribution in [3.05, 3.63) is 33.0 Å². The molecule has 1 atom stereocenters. The summed E-state index contributed by atoms with van der Waals surface area (Å²) in [6.07, 6.45) is 1.57. The van der Waals surface area contributed by atoms with Gasteiger partial charge in [0.1, 0.15) is 0 Å². The molecule has 4 rings (SSSR count). The molecule has 2 aliphatic rings. The smallest absolute Gasteiger partial charge is 0.272 e. The number of rotatable bonds is 4. The van der Waals surface area contributed by atoms with Crippen LogP contribution in [0.1, 0.15) is 38.9 Å². The van der Waals surface area contributed by atoms with Crippen molar-refractivity contribution >= 4 is 23.2 Å². The zero-order valence-electron chi connectivity index (χ0n) is 15.6. The van der Waals surface area contributed by atoms with Gasteiger partial charge in [-0.1, -0.05) is 0 Å². The lowest BCUT2D eigenvalue weighted by molar-refractivity contribution is -0.136. The van der Waals surface area contributed by atoms with E-state index >= 15 is 0 Å². The fraction of sp³-hybridized carbons (Fsp3) is 0.556. The number of aromatic amines is 1. The minimum absolute atomic E-state index is 0.0869. The van der Waals surface area contributed by atoms with Crippen LogP contribution in [-0.4, -0.2) is 63.5 Å². The van der Waals surface area contributed by atoms with E-state index in [-0.39, 0.29) is 17.7 Å². The molecule has 2 N–H and O–H groups in total. The van der Waals surface area contributed by atoms with E-state index in [1.54, 1.807) is 11.3 Å². The monoisotopic (exact) mass is 388 g/mol. The second kappa shape index (κ2) is 7.40. The summed E-state index contributed by atoms with van der Waals surface area (Å²) >= 11 is 1.57. The number of fused-ring (bicyclic) bond motifs is 1. The van der Waals surface area contributed by atoms with E-state index in [9.17, 15) is 9.59 Å². The second-order valence-electron chi connectivity index (χ2n) is 7.33. The van der Waals surface area contributed by atoms with Crippen LogP contribution in [0.5, 0.6) is 0 Å². The number of aryl methyl sites for hydroxylation is 1. The third-order valence-corrected chi connectivity index (χ3v) is 6.12. The van der Waals surface area contributed by atoms with Crippen molar-refractivity contribution in [1.29, 1.82) is 0 Å². The van der Waals surface area contributed by atoms with Crippen molar-refractivity contribution in [1.82, 2.24) is 30.3 Å². The van der Waals surface area contributed by atoms with Crippen molar-refractivity contribution < 1.29 is 9.59 Å². The Balaban J connectivity index is 1.39. The molecule has 9 heteroatoms. The quantitative estimate of drug-likeness (QED) is 0.813. The van der Waals surface area contributed by atoms with Crippen molar-refractivity contribution in [2.45, 2.75) is 32.9 Å². The van der Waals surface area contributed by atoms with E-state index in [1.807, 2.05) is 24.3 Å². The van der Waals surface area contributed by atoms with Gasteiger partial charge in [0.25, 0.3) is 5.91 Å². The van der Waals surface area contributed by atoms with E-state index in [1.165, 1.54) is 0 Å². The van der Waals surface area contributed by atoms with Crippen molar-refractivity contribution in [3.8, 4) is 0 Å². The van der Waals surface area contributed by atoms with Crippen LogP contribution < -0.4 is 5.32 Å². The van der Waals surface area contributed by atoms with E-state index in [2.05, 4.69) is 25.4 Å². The molecular formula is C18H24N6O2S. The molecule has 0 bridgehead atoms. The van der Waals surface area contributed by atoms with Gasteiger partial charge in [-0.2, -0.15) is 5.10 Å². The van der Waals surface area contributed by atoms with E-state index < -0.39 is 0 Å². The standard InChI is InChI=1S/C18H24N6O2S/c1-11-20-13(10-27-11)7-19-17(25)16-14-4-6-24(9-15(14)21-22-16)18(26)12-3-5-23(2)8-12/h10,12H,3-9H2,1-2H3,(H,19,25)(H,21,22). The molecule has 0 saturated carbocycles. The highest BCUT2D eigenvalue weighted by Gasteiger charge is 2.33. The molecule has 27 heavy (non-hydrogen) atoms. The maximum atomic E-state index is 12.7. The molecule has 0 aliphatic carbocycles. The van der Waals surface area contributed by atoms with Gasteiger partial charge in [0, 0.05) is 24.0 Å². The molecule has 8 nitrogen and oxygen atoms in total. The summed E-state index contributed by atoms with van der Waals surface area (Å²) in [6, 6.07) is 0. The van der Waals surface area contributed by atoms with Gasteiger partial charge in [0.15, 0.2) is 5.69 Å². The lowest BCUT2D eigenvalue weighted by Crippen LogP contribution is -2.40. The predicted octanol–water partition coefficient (Wildman–Crippen LogP) is 0.941. The first kappa shape index (κ1) is 18.1. The number of carbonyl (C=O) groups excluding carboxylic acids is 2. The SMILES string of the molecule is Cc1nc(CNC(=O)c2n[nH]c3c2CCN(C(=O)C2CCN(C)C2)C3)cs1. The molecule has 1 unspecified atom stereocenters. The molecule has 0 aromatic carbocycles. The van der Waals surface area contributed by atoms with Crippen LogP contribution in [0.2, 0.25) is 0 Å². The number of amides is 2. The van der Waals surface area contributed by atoms with Gasteiger partial charge in [-0.15, -0.1) is 11.3 Å². The van der Waals surface area contributed by atoms with Gasteiger partial charge >= 0.3 is 0 Å². The Labute approximate surface area is 162 Å². The van der Waals surface area contributed by atoms with Crippen LogP contribution in [-0.2, 0) is 24.3 Å². The summed E-state index contributed by atoms with van der Waals surface area (Å²) in [4.78, 5) is 33.7. The highest BCUT2D eigenvalue weighted by atomic mass is 32.1. The molecular weight excluding hydrogens is 364 g/mol. The van der Waals surface area contributed by atoms with Crippen LogP contribution in [0.3, 0.4) is 0 Å². The normalized spacial score (nSPS) is 19.9. The Hall–Kier alpha value is -2.26. The van der Waals surface area contributed by atoms with Gasteiger partial charge in [-0.05, 0) is 33.4 Å². The first-order chi connectivity index (χ1) is 13.0. The lowest BCUT2D eigenvalue weighted by Gasteiger charge is -2.29. The largest absolute Gasteiger partial charge is 0.345 e. The molecule has 2 amide bonds. The number of nitrogens with zero attached hydrogens (tertiary/aromatic N) is 4. The topological polar surface area (TPSA) is 94.2 Å². The average Bonchev–Trinajstić information content (AvgIpc) is 3.38. The zero-order valence-corrected chi connectivity index (χ0v) is 16.4. The molecule has 2 aliphatic heterocycles.